The molecule has 0 atom stereocenters. The molecule has 6 heteroatoms. The Hall–Kier alpha value is 0.0400. The zero-order chi connectivity index (χ0) is 25.2. The van der Waals surface area contributed by atoms with Gasteiger partial charge in [0.15, 0.2) is 6.49 Å². The second-order valence-corrected chi connectivity index (χ2v) is 13.6. The molecule has 0 aliphatic rings. The maximum atomic E-state index is 11.1. The molecule has 0 aromatic rings. The standard InChI is InChI=1S/C28H57O4PS/c1-4-6-8-10-12-14-16-18-20-22-24-31-33(34,27-26-30-28(3)29)32-25-23-21-19-17-15-13-11-9-7-5-2/h4-27H2,1-3H3. The van der Waals surface area contributed by atoms with E-state index in [9.17, 15) is 4.79 Å². The van der Waals surface area contributed by atoms with Crippen LogP contribution in [0.4, 0.5) is 0 Å². The minimum absolute atomic E-state index is 0.272. The van der Waals surface area contributed by atoms with E-state index in [1.54, 1.807) is 0 Å². The van der Waals surface area contributed by atoms with Gasteiger partial charge in [-0.05, 0) is 24.6 Å². The van der Waals surface area contributed by atoms with Crippen molar-refractivity contribution in [2.75, 3.05) is 26.0 Å². The van der Waals surface area contributed by atoms with Crippen LogP contribution in [-0.4, -0.2) is 32.0 Å². The van der Waals surface area contributed by atoms with Crippen molar-refractivity contribution in [1.82, 2.24) is 0 Å². The highest BCUT2D eigenvalue weighted by molar-refractivity contribution is 8.09. The normalized spacial score (nSPS) is 11.7. The summed E-state index contributed by atoms with van der Waals surface area (Å²) in [6.07, 6.45) is 26.5. The summed E-state index contributed by atoms with van der Waals surface area (Å²) in [6.45, 7) is 5.20. The summed E-state index contributed by atoms with van der Waals surface area (Å²) in [4.78, 5) is 11.1. The Labute approximate surface area is 217 Å². The van der Waals surface area contributed by atoms with Gasteiger partial charge in [-0.3, -0.25) is 4.79 Å². The number of rotatable bonds is 27. The summed E-state index contributed by atoms with van der Waals surface area (Å²) in [5.74, 6) is -0.272. The molecule has 0 saturated heterocycles. The molecule has 4 nitrogen and oxygen atoms in total. The van der Waals surface area contributed by atoms with Crippen molar-refractivity contribution in [3.05, 3.63) is 0 Å². The molecule has 0 spiro atoms. The first kappa shape index (κ1) is 34.0. The molecule has 0 rings (SSSR count). The van der Waals surface area contributed by atoms with E-state index in [1.807, 2.05) is 0 Å². The summed E-state index contributed by atoms with van der Waals surface area (Å²) >= 11 is 5.77. The van der Waals surface area contributed by atoms with Gasteiger partial charge in [-0.1, -0.05) is 129 Å². The van der Waals surface area contributed by atoms with Gasteiger partial charge in [0, 0.05) is 6.92 Å². The average molecular weight is 521 g/mol. The lowest BCUT2D eigenvalue weighted by atomic mass is 10.1. The van der Waals surface area contributed by atoms with E-state index in [0.717, 1.165) is 12.8 Å². The van der Waals surface area contributed by atoms with Gasteiger partial charge in [0.05, 0.1) is 19.4 Å². The van der Waals surface area contributed by atoms with Gasteiger partial charge in [-0.15, -0.1) is 0 Å². The van der Waals surface area contributed by atoms with Crippen LogP contribution in [0, 0.1) is 0 Å². The Morgan fingerprint density at radius 2 is 0.882 bits per heavy atom. The minimum Gasteiger partial charge on any atom is -0.465 e. The zero-order valence-electron chi connectivity index (χ0n) is 23.0. The third-order valence-corrected chi connectivity index (χ3v) is 9.30. The molecule has 0 amide bonds. The second-order valence-electron chi connectivity index (χ2n) is 9.70. The molecule has 0 fully saturated rings. The average Bonchev–Trinajstić information content (AvgIpc) is 2.81. The first-order valence-corrected chi connectivity index (χ1v) is 17.4. The number of hydrogen-bond donors (Lipinski definition) is 0. The third kappa shape index (κ3) is 25.1. The summed E-state index contributed by atoms with van der Waals surface area (Å²) in [7, 11) is 0. The number of ether oxygens (including phenoxy) is 1. The number of carbonyl (C=O) groups excluding carboxylic acids is 1. The van der Waals surface area contributed by atoms with Gasteiger partial charge in [-0.25, -0.2) is 0 Å². The molecular weight excluding hydrogens is 463 g/mol. The molecule has 204 valence electrons. The van der Waals surface area contributed by atoms with Gasteiger partial charge in [0.1, 0.15) is 6.61 Å². The molecular formula is C28H57O4PS. The predicted molar refractivity (Wildman–Crippen MR) is 151 cm³/mol. The zero-order valence-corrected chi connectivity index (χ0v) is 24.7. The van der Waals surface area contributed by atoms with E-state index in [4.69, 9.17) is 25.6 Å². The van der Waals surface area contributed by atoms with Crippen molar-refractivity contribution in [1.29, 1.82) is 0 Å². The van der Waals surface area contributed by atoms with Gasteiger partial charge < -0.3 is 13.8 Å². The summed E-state index contributed by atoms with van der Waals surface area (Å²) in [5.41, 5.74) is 0. The Balaban J connectivity index is 3.90. The maximum Gasteiger partial charge on any atom is 0.302 e. The molecule has 0 bridgehead atoms. The van der Waals surface area contributed by atoms with Gasteiger partial charge in [0.2, 0.25) is 0 Å². The molecule has 34 heavy (non-hydrogen) atoms. The minimum atomic E-state index is -2.37. The lowest BCUT2D eigenvalue weighted by Crippen LogP contribution is -2.09. The quantitative estimate of drug-likeness (QED) is 0.0612. The lowest BCUT2D eigenvalue weighted by molar-refractivity contribution is -0.140. The van der Waals surface area contributed by atoms with E-state index in [2.05, 4.69) is 13.8 Å². The smallest absolute Gasteiger partial charge is 0.302 e. The monoisotopic (exact) mass is 520 g/mol. The first-order chi connectivity index (χ1) is 16.5. The molecule has 0 saturated carbocycles. The van der Waals surface area contributed by atoms with E-state index in [0.29, 0.717) is 26.0 Å². The Bertz CT molecular complexity index is 457. The predicted octanol–water partition coefficient (Wildman–Crippen LogP) is 9.73. The molecule has 0 aromatic heterocycles. The van der Waals surface area contributed by atoms with E-state index < -0.39 is 6.49 Å². The highest BCUT2D eigenvalue weighted by Gasteiger charge is 2.19. The largest absolute Gasteiger partial charge is 0.465 e. The Kier molecular flexibility index (Phi) is 26.1. The Morgan fingerprint density at radius 3 is 1.21 bits per heavy atom. The lowest BCUT2D eigenvalue weighted by Gasteiger charge is -2.22. The number of carbonyl (C=O) groups is 1. The van der Waals surface area contributed by atoms with Crippen LogP contribution in [0.15, 0.2) is 0 Å². The van der Waals surface area contributed by atoms with E-state index in [1.165, 1.54) is 122 Å². The second kappa shape index (κ2) is 26.1. The third-order valence-electron chi connectivity index (χ3n) is 6.24. The molecule has 0 aliphatic carbocycles. The van der Waals surface area contributed by atoms with Crippen LogP contribution in [0.2, 0.25) is 0 Å². The fourth-order valence-electron chi connectivity index (χ4n) is 4.05. The SMILES string of the molecule is CCCCCCCCCCCCOP(=S)(CCOC(C)=O)OCCCCCCCCCCCC. The van der Waals surface area contributed by atoms with Crippen molar-refractivity contribution in [3.63, 3.8) is 0 Å². The van der Waals surface area contributed by atoms with Gasteiger partial charge in [0.25, 0.3) is 0 Å². The number of unbranched alkanes of at least 4 members (excludes halogenated alkanes) is 18. The van der Waals surface area contributed by atoms with Crippen LogP contribution in [0.5, 0.6) is 0 Å². The van der Waals surface area contributed by atoms with Crippen molar-refractivity contribution in [2.24, 2.45) is 0 Å². The van der Waals surface area contributed by atoms with Crippen molar-refractivity contribution >= 4 is 24.3 Å². The molecule has 0 radical (unpaired) electrons. The Morgan fingerprint density at radius 1 is 0.559 bits per heavy atom. The van der Waals surface area contributed by atoms with Gasteiger partial charge >= 0.3 is 5.97 Å². The van der Waals surface area contributed by atoms with Crippen LogP contribution < -0.4 is 0 Å². The molecule has 0 aliphatic heterocycles. The molecule has 0 aromatic carbocycles. The number of esters is 1. The highest BCUT2D eigenvalue weighted by atomic mass is 32.5. The maximum absolute atomic E-state index is 11.1. The first-order valence-electron chi connectivity index (χ1n) is 14.6. The summed E-state index contributed by atoms with van der Waals surface area (Å²) in [5, 5.41) is 0. The molecule has 0 unspecified atom stereocenters. The topological polar surface area (TPSA) is 44.8 Å². The van der Waals surface area contributed by atoms with Gasteiger partial charge in [-0.2, -0.15) is 0 Å². The van der Waals surface area contributed by atoms with Crippen LogP contribution >= 0.6 is 6.49 Å². The van der Waals surface area contributed by atoms with Crippen LogP contribution in [0.25, 0.3) is 0 Å². The van der Waals surface area contributed by atoms with E-state index >= 15 is 0 Å². The van der Waals surface area contributed by atoms with Crippen LogP contribution in [0.1, 0.15) is 149 Å². The van der Waals surface area contributed by atoms with Crippen LogP contribution in [0.3, 0.4) is 0 Å². The van der Waals surface area contributed by atoms with Crippen LogP contribution in [-0.2, 0) is 30.4 Å². The fourth-order valence-corrected chi connectivity index (χ4v) is 6.19. The number of hydrogen-bond acceptors (Lipinski definition) is 5. The van der Waals surface area contributed by atoms with Crippen molar-refractivity contribution < 1.29 is 18.6 Å². The van der Waals surface area contributed by atoms with E-state index in [-0.39, 0.29) is 5.97 Å². The molecule has 0 heterocycles. The summed E-state index contributed by atoms with van der Waals surface area (Å²) < 4.78 is 17.3. The highest BCUT2D eigenvalue weighted by Crippen LogP contribution is 2.48. The van der Waals surface area contributed by atoms with Crippen molar-refractivity contribution in [2.45, 2.75) is 149 Å². The fraction of sp³-hybridized carbons (Fsp3) is 0.964. The molecule has 0 N–H and O–H groups in total. The van der Waals surface area contributed by atoms with Crippen molar-refractivity contribution in [3.8, 4) is 0 Å². The summed E-state index contributed by atoms with van der Waals surface area (Å²) in [6, 6.07) is 0.